The number of hydrogen-bond acceptors (Lipinski definition) is 5. The van der Waals surface area contributed by atoms with Crippen molar-refractivity contribution in [2.75, 3.05) is 24.1 Å². The molecule has 1 aliphatic carbocycles. The Balaban J connectivity index is 1.79. The monoisotopic (exact) mass is 482 g/mol. The van der Waals surface area contributed by atoms with Crippen LogP contribution in [0.4, 0.5) is 11.4 Å². The SMILES string of the molecule is CNC1=CC=C(S(=O)(=O)N(C)c2ccccc2)C=C(NC(=O)CC[n+]2cc(C)c(N)cc2C)C1. The lowest BCUT2D eigenvalue weighted by molar-refractivity contribution is -0.701. The molecule has 0 atom stereocenters. The maximum atomic E-state index is 13.3. The minimum Gasteiger partial charge on any atom is -0.398 e. The van der Waals surface area contributed by atoms with Gasteiger partial charge in [0.2, 0.25) is 5.91 Å². The van der Waals surface area contributed by atoms with Crippen molar-refractivity contribution in [2.45, 2.75) is 33.2 Å². The van der Waals surface area contributed by atoms with Crippen LogP contribution in [0, 0.1) is 13.8 Å². The van der Waals surface area contributed by atoms with Gasteiger partial charge in [-0.1, -0.05) is 18.2 Å². The smallest absolute Gasteiger partial charge is 0.264 e. The molecule has 4 N–H and O–H groups in total. The van der Waals surface area contributed by atoms with Gasteiger partial charge in [0.1, 0.15) is 0 Å². The largest absolute Gasteiger partial charge is 0.398 e. The van der Waals surface area contributed by atoms with Crippen LogP contribution < -0.4 is 25.2 Å². The summed E-state index contributed by atoms with van der Waals surface area (Å²) in [6.45, 7) is 4.35. The van der Waals surface area contributed by atoms with E-state index in [1.54, 1.807) is 43.5 Å². The molecule has 0 saturated carbocycles. The Morgan fingerprint density at radius 1 is 1.15 bits per heavy atom. The standard InChI is InChI=1S/C25H31N5O3S/c1-18-17-30(19(2)14-24(18)26)13-12-25(31)28-21-15-20(27-3)10-11-23(16-21)34(32,33)29(4)22-8-6-5-7-9-22/h5-11,14,16-17,26-27H,12-13,15H2,1-4H3,(H,28,31)/p+1. The number of rotatable bonds is 8. The summed E-state index contributed by atoms with van der Waals surface area (Å²) in [4.78, 5) is 12.9. The molecule has 8 nitrogen and oxygen atoms in total. The number of nitrogens with two attached hydrogens (primary N) is 1. The molecule has 0 unspecified atom stereocenters. The minimum absolute atomic E-state index is 0.0961. The quantitative estimate of drug-likeness (QED) is 0.501. The summed E-state index contributed by atoms with van der Waals surface area (Å²) >= 11 is 0. The molecule has 2 aromatic rings. The fourth-order valence-electron chi connectivity index (χ4n) is 3.60. The Morgan fingerprint density at radius 2 is 1.85 bits per heavy atom. The maximum absolute atomic E-state index is 13.3. The molecule has 0 bridgehead atoms. The first kappa shape index (κ1) is 25.0. The summed E-state index contributed by atoms with van der Waals surface area (Å²) in [6, 6.07) is 10.7. The van der Waals surface area contributed by atoms with Crippen LogP contribution >= 0.6 is 0 Å². The second-order valence-corrected chi connectivity index (χ2v) is 10.2. The molecule has 0 spiro atoms. The average Bonchev–Trinajstić information content (AvgIpc) is 3.03. The van der Waals surface area contributed by atoms with Crippen molar-refractivity contribution in [3.05, 3.63) is 88.4 Å². The lowest BCUT2D eigenvalue weighted by Crippen LogP contribution is -2.40. The molecule has 1 aromatic carbocycles. The summed E-state index contributed by atoms with van der Waals surface area (Å²) < 4.78 is 29.8. The first-order chi connectivity index (χ1) is 16.1. The molecular weight excluding hydrogens is 450 g/mol. The molecule has 1 heterocycles. The Hall–Kier alpha value is -3.59. The number of nitrogens with one attached hydrogen (secondary N) is 2. The number of nitrogens with zero attached hydrogens (tertiary/aromatic N) is 2. The highest BCUT2D eigenvalue weighted by molar-refractivity contribution is 7.96. The van der Waals surface area contributed by atoms with Crippen molar-refractivity contribution >= 4 is 27.3 Å². The van der Waals surface area contributed by atoms with Crippen LogP contribution in [-0.4, -0.2) is 28.4 Å². The maximum Gasteiger partial charge on any atom is 0.264 e. The highest BCUT2D eigenvalue weighted by Gasteiger charge is 2.24. The van der Waals surface area contributed by atoms with Crippen LogP contribution in [0.2, 0.25) is 0 Å². The summed E-state index contributed by atoms with van der Waals surface area (Å²) in [7, 11) is -0.555. The second kappa shape index (κ2) is 10.6. The van der Waals surface area contributed by atoms with Gasteiger partial charge in [-0.15, -0.1) is 0 Å². The zero-order valence-electron chi connectivity index (χ0n) is 20.0. The zero-order chi connectivity index (χ0) is 24.9. The number of aryl methyl sites for hydroxylation is 3. The van der Waals surface area contributed by atoms with Gasteiger partial charge >= 0.3 is 0 Å². The van der Waals surface area contributed by atoms with E-state index in [0.717, 1.165) is 17.0 Å². The number of hydrogen-bond donors (Lipinski definition) is 3. The van der Waals surface area contributed by atoms with Gasteiger partial charge in [-0.05, 0) is 37.3 Å². The Bertz CT molecular complexity index is 1260. The number of amides is 1. The fraction of sp³-hybridized carbons (Fsp3) is 0.280. The third kappa shape index (κ3) is 5.85. The van der Waals surface area contributed by atoms with Crippen LogP contribution in [0.25, 0.3) is 0 Å². The number of benzene rings is 1. The normalized spacial score (nSPS) is 13.8. The predicted molar refractivity (Wildman–Crippen MR) is 135 cm³/mol. The second-order valence-electron chi connectivity index (χ2n) is 8.21. The van der Waals surface area contributed by atoms with E-state index in [0.29, 0.717) is 30.0 Å². The number of nitrogen functional groups attached to an aromatic ring is 1. The van der Waals surface area contributed by atoms with Crippen LogP contribution in [0.3, 0.4) is 0 Å². The molecule has 180 valence electrons. The van der Waals surface area contributed by atoms with E-state index in [1.165, 1.54) is 17.4 Å². The van der Waals surface area contributed by atoms with Gasteiger partial charge in [-0.25, -0.2) is 13.0 Å². The fourth-order valence-corrected chi connectivity index (χ4v) is 4.85. The molecule has 3 rings (SSSR count). The summed E-state index contributed by atoms with van der Waals surface area (Å²) in [5, 5.41) is 5.96. The summed E-state index contributed by atoms with van der Waals surface area (Å²) in [6.07, 6.45) is 7.34. The molecule has 0 saturated heterocycles. The van der Waals surface area contributed by atoms with Gasteiger partial charge in [0.15, 0.2) is 18.4 Å². The number of pyridine rings is 1. The lowest BCUT2D eigenvalue weighted by atomic mass is 10.2. The third-order valence-corrected chi connectivity index (χ3v) is 7.53. The topological polar surface area (TPSA) is 108 Å². The predicted octanol–water partition coefficient (Wildman–Crippen LogP) is 2.42. The molecule has 34 heavy (non-hydrogen) atoms. The number of aromatic nitrogens is 1. The molecular formula is C25H32N5O3S+. The van der Waals surface area contributed by atoms with Crippen molar-refractivity contribution in [3.63, 3.8) is 0 Å². The molecule has 1 amide bonds. The summed E-state index contributed by atoms with van der Waals surface area (Å²) in [5.41, 5.74) is 10.4. The number of anilines is 2. The molecule has 0 aliphatic heterocycles. The van der Waals surface area contributed by atoms with E-state index in [1.807, 2.05) is 36.7 Å². The Labute approximate surface area is 201 Å². The number of carbonyl (C=O) groups excluding carboxylic acids is 1. The number of carbonyl (C=O) groups is 1. The lowest BCUT2D eigenvalue weighted by Gasteiger charge is -2.20. The molecule has 9 heteroatoms. The van der Waals surface area contributed by atoms with Crippen LogP contribution in [0.1, 0.15) is 24.1 Å². The van der Waals surface area contributed by atoms with E-state index in [-0.39, 0.29) is 17.2 Å². The first-order valence-corrected chi connectivity index (χ1v) is 12.4. The van der Waals surface area contributed by atoms with Crippen molar-refractivity contribution < 1.29 is 17.8 Å². The number of allylic oxidation sites excluding steroid dienone is 3. The van der Waals surface area contributed by atoms with Gasteiger partial charge in [0, 0.05) is 56.2 Å². The van der Waals surface area contributed by atoms with Crippen molar-refractivity contribution in [3.8, 4) is 0 Å². The molecule has 0 radical (unpaired) electrons. The van der Waals surface area contributed by atoms with E-state index >= 15 is 0 Å². The van der Waals surface area contributed by atoms with Crippen LogP contribution in [0.5, 0.6) is 0 Å². The van der Waals surface area contributed by atoms with Gasteiger partial charge in [-0.2, -0.15) is 0 Å². The average molecular weight is 483 g/mol. The highest BCUT2D eigenvalue weighted by Crippen LogP contribution is 2.25. The van der Waals surface area contributed by atoms with E-state index in [2.05, 4.69) is 10.6 Å². The zero-order valence-corrected chi connectivity index (χ0v) is 20.8. The molecule has 1 aromatic heterocycles. The molecule has 0 fully saturated rings. The van der Waals surface area contributed by atoms with Crippen LogP contribution in [0.15, 0.2) is 77.1 Å². The van der Waals surface area contributed by atoms with Gasteiger partial charge in [0.05, 0.1) is 17.0 Å². The Morgan fingerprint density at radius 3 is 2.53 bits per heavy atom. The van der Waals surface area contributed by atoms with Gasteiger partial charge in [0.25, 0.3) is 10.0 Å². The minimum atomic E-state index is -3.83. The van der Waals surface area contributed by atoms with E-state index in [4.69, 9.17) is 5.73 Å². The Kier molecular flexibility index (Phi) is 7.78. The van der Waals surface area contributed by atoms with Gasteiger partial charge in [-0.3, -0.25) is 9.10 Å². The van der Waals surface area contributed by atoms with E-state index in [9.17, 15) is 13.2 Å². The first-order valence-electron chi connectivity index (χ1n) is 11.0. The van der Waals surface area contributed by atoms with Crippen molar-refractivity contribution in [2.24, 2.45) is 0 Å². The number of sulfonamides is 1. The van der Waals surface area contributed by atoms with Crippen molar-refractivity contribution in [1.29, 1.82) is 0 Å². The molecule has 1 aliphatic rings. The van der Waals surface area contributed by atoms with Crippen molar-refractivity contribution in [1.82, 2.24) is 10.6 Å². The summed E-state index contributed by atoms with van der Waals surface area (Å²) in [5.74, 6) is -0.196. The number of para-hydroxylation sites is 1. The third-order valence-electron chi connectivity index (χ3n) is 5.75. The van der Waals surface area contributed by atoms with Crippen LogP contribution in [-0.2, 0) is 21.4 Å². The highest BCUT2D eigenvalue weighted by atomic mass is 32.2. The van der Waals surface area contributed by atoms with Gasteiger partial charge < -0.3 is 16.4 Å². The van der Waals surface area contributed by atoms with E-state index < -0.39 is 10.0 Å².